The molecular formula is C21H26ClN3O. The Labute approximate surface area is 160 Å². The summed E-state index contributed by atoms with van der Waals surface area (Å²) in [6, 6.07) is 14.3. The highest BCUT2D eigenvalue weighted by Gasteiger charge is 2.19. The van der Waals surface area contributed by atoms with Gasteiger partial charge in [0, 0.05) is 32.7 Å². The summed E-state index contributed by atoms with van der Waals surface area (Å²) < 4.78 is 0. The zero-order valence-electron chi connectivity index (χ0n) is 15.5. The van der Waals surface area contributed by atoms with Crippen LogP contribution in [0.2, 0.25) is 5.02 Å². The Bertz CT molecular complexity index is 770. The van der Waals surface area contributed by atoms with Gasteiger partial charge in [-0.2, -0.15) is 0 Å². The molecule has 1 heterocycles. The Morgan fingerprint density at radius 2 is 1.69 bits per heavy atom. The van der Waals surface area contributed by atoms with Crippen molar-refractivity contribution in [3.8, 4) is 0 Å². The van der Waals surface area contributed by atoms with Crippen molar-refractivity contribution in [3.05, 3.63) is 64.2 Å². The molecule has 0 aromatic heterocycles. The second kappa shape index (κ2) is 8.67. The Kier molecular flexibility index (Phi) is 6.30. The summed E-state index contributed by atoms with van der Waals surface area (Å²) in [7, 11) is 0. The van der Waals surface area contributed by atoms with E-state index in [1.165, 1.54) is 11.1 Å². The molecule has 2 aromatic rings. The third-order valence-electron chi connectivity index (χ3n) is 4.72. The van der Waals surface area contributed by atoms with Gasteiger partial charge in [-0.1, -0.05) is 47.5 Å². The highest BCUT2D eigenvalue weighted by Crippen LogP contribution is 2.22. The molecular weight excluding hydrogens is 346 g/mol. The highest BCUT2D eigenvalue weighted by atomic mass is 35.5. The van der Waals surface area contributed by atoms with Crippen LogP contribution < -0.4 is 5.32 Å². The molecule has 0 atom stereocenters. The number of hydrogen-bond acceptors (Lipinski definition) is 3. The summed E-state index contributed by atoms with van der Waals surface area (Å²) in [5.74, 6) is -0.0112. The molecule has 5 heteroatoms. The highest BCUT2D eigenvalue weighted by molar-refractivity contribution is 6.33. The van der Waals surface area contributed by atoms with E-state index in [2.05, 4.69) is 46.3 Å². The molecule has 1 fully saturated rings. The third-order valence-corrected chi connectivity index (χ3v) is 5.03. The maximum absolute atomic E-state index is 12.3. The number of nitrogens with zero attached hydrogens (tertiary/aromatic N) is 2. The van der Waals surface area contributed by atoms with E-state index in [1.807, 2.05) is 25.1 Å². The minimum Gasteiger partial charge on any atom is -0.324 e. The average molecular weight is 372 g/mol. The third kappa shape index (κ3) is 5.31. The van der Waals surface area contributed by atoms with Crippen LogP contribution in [0.1, 0.15) is 16.7 Å². The van der Waals surface area contributed by atoms with Crippen molar-refractivity contribution in [2.75, 3.05) is 38.0 Å². The molecule has 1 aliphatic rings. The van der Waals surface area contributed by atoms with Crippen LogP contribution in [-0.4, -0.2) is 48.4 Å². The van der Waals surface area contributed by atoms with Crippen molar-refractivity contribution in [1.29, 1.82) is 0 Å². The van der Waals surface area contributed by atoms with Crippen LogP contribution in [0, 0.1) is 13.8 Å². The number of rotatable bonds is 5. The first kappa shape index (κ1) is 18.9. The maximum Gasteiger partial charge on any atom is 0.238 e. The van der Waals surface area contributed by atoms with Crippen molar-refractivity contribution < 1.29 is 4.79 Å². The van der Waals surface area contributed by atoms with Crippen molar-refractivity contribution in [1.82, 2.24) is 9.80 Å². The molecule has 0 spiro atoms. The molecule has 2 aromatic carbocycles. The normalized spacial score (nSPS) is 15.8. The maximum atomic E-state index is 12.3. The van der Waals surface area contributed by atoms with Crippen molar-refractivity contribution >= 4 is 23.2 Å². The van der Waals surface area contributed by atoms with Crippen LogP contribution in [0.25, 0.3) is 0 Å². The number of amides is 1. The van der Waals surface area contributed by atoms with E-state index in [-0.39, 0.29) is 5.91 Å². The fraction of sp³-hybridized carbons (Fsp3) is 0.381. The fourth-order valence-corrected chi connectivity index (χ4v) is 3.57. The van der Waals surface area contributed by atoms with Crippen LogP contribution in [0.15, 0.2) is 42.5 Å². The quantitative estimate of drug-likeness (QED) is 0.870. The molecule has 1 amide bonds. The fourth-order valence-electron chi connectivity index (χ4n) is 3.29. The molecule has 0 unspecified atom stereocenters. The zero-order valence-corrected chi connectivity index (χ0v) is 16.2. The molecule has 4 nitrogen and oxygen atoms in total. The van der Waals surface area contributed by atoms with Gasteiger partial charge >= 0.3 is 0 Å². The van der Waals surface area contributed by atoms with Crippen LogP contribution >= 0.6 is 11.6 Å². The Morgan fingerprint density at radius 3 is 2.38 bits per heavy atom. The predicted molar refractivity (Wildman–Crippen MR) is 108 cm³/mol. The molecule has 0 aliphatic carbocycles. The Morgan fingerprint density at radius 1 is 1.00 bits per heavy atom. The van der Waals surface area contributed by atoms with E-state index in [0.717, 1.165) is 38.3 Å². The summed E-state index contributed by atoms with van der Waals surface area (Å²) in [5, 5.41) is 3.50. The molecule has 0 saturated carbocycles. The predicted octanol–water partition coefficient (Wildman–Crippen LogP) is 3.71. The number of carbonyl (C=O) groups is 1. The lowest BCUT2D eigenvalue weighted by Gasteiger charge is -2.34. The molecule has 3 rings (SSSR count). The largest absolute Gasteiger partial charge is 0.324 e. The molecule has 1 aliphatic heterocycles. The van der Waals surface area contributed by atoms with Gasteiger partial charge in [-0.15, -0.1) is 0 Å². The smallest absolute Gasteiger partial charge is 0.238 e. The monoisotopic (exact) mass is 371 g/mol. The Balaban J connectivity index is 1.45. The van der Waals surface area contributed by atoms with Gasteiger partial charge in [0.05, 0.1) is 17.3 Å². The number of benzene rings is 2. The number of hydrogen-bond donors (Lipinski definition) is 1. The van der Waals surface area contributed by atoms with Crippen LogP contribution in [0.4, 0.5) is 5.69 Å². The van der Waals surface area contributed by atoms with Gasteiger partial charge in [0.25, 0.3) is 0 Å². The van der Waals surface area contributed by atoms with Gasteiger partial charge in [-0.3, -0.25) is 14.6 Å². The number of anilines is 1. The summed E-state index contributed by atoms with van der Waals surface area (Å²) in [6.45, 7) is 9.25. The van der Waals surface area contributed by atoms with Crippen molar-refractivity contribution in [3.63, 3.8) is 0 Å². The summed E-state index contributed by atoms with van der Waals surface area (Å²) in [5.41, 5.74) is 4.41. The van der Waals surface area contributed by atoms with E-state index >= 15 is 0 Å². The van der Waals surface area contributed by atoms with E-state index in [1.54, 1.807) is 0 Å². The number of carbonyl (C=O) groups excluding carboxylic acids is 1. The lowest BCUT2D eigenvalue weighted by atomic mass is 10.1. The minimum absolute atomic E-state index is 0.0112. The topological polar surface area (TPSA) is 35.6 Å². The lowest BCUT2D eigenvalue weighted by Crippen LogP contribution is -2.48. The summed E-state index contributed by atoms with van der Waals surface area (Å²) in [4.78, 5) is 16.9. The second-order valence-electron chi connectivity index (χ2n) is 7.07. The van der Waals surface area contributed by atoms with Gasteiger partial charge in [0.15, 0.2) is 0 Å². The van der Waals surface area contributed by atoms with Gasteiger partial charge in [0.1, 0.15) is 0 Å². The molecule has 1 saturated heterocycles. The van der Waals surface area contributed by atoms with E-state index < -0.39 is 0 Å². The van der Waals surface area contributed by atoms with E-state index in [9.17, 15) is 4.79 Å². The minimum atomic E-state index is -0.0112. The second-order valence-corrected chi connectivity index (χ2v) is 7.48. The number of piperazine rings is 1. The Hall–Kier alpha value is -1.88. The molecule has 0 radical (unpaired) electrons. The van der Waals surface area contributed by atoms with Gasteiger partial charge in [0.2, 0.25) is 5.91 Å². The number of aryl methyl sites for hydroxylation is 2. The zero-order chi connectivity index (χ0) is 18.5. The van der Waals surface area contributed by atoms with Crippen LogP contribution in [0.5, 0.6) is 0 Å². The van der Waals surface area contributed by atoms with Gasteiger partial charge < -0.3 is 5.32 Å². The van der Waals surface area contributed by atoms with Crippen LogP contribution in [-0.2, 0) is 11.3 Å². The molecule has 1 N–H and O–H groups in total. The average Bonchev–Trinajstić information content (AvgIpc) is 2.59. The SMILES string of the molecule is Cc1cccc(CN2CCN(CC(=O)Nc3ccc(C)cc3Cl)CC2)c1. The standard InChI is InChI=1S/C21H26ClN3O/c1-16-4-3-5-18(12-16)14-24-8-10-25(11-9-24)15-21(26)23-20-7-6-17(2)13-19(20)22/h3-7,12-13H,8-11,14-15H2,1-2H3,(H,23,26). The van der Waals surface area contributed by atoms with Gasteiger partial charge in [-0.25, -0.2) is 0 Å². The number of halogens is 1. The molecule has 138 valence electrons. The van der Waals surface area contributed by atoms with E-state index in [0.29, 0.717) is 17.3 Å². The lowest BCUT2D eigenvalue weighted by molar-refractivity contribution is -0.117. The van der Waals surface area contributed by atoms with E-state index in [4.69, 9.17) is 11.6 Å². The number of nitrogens with one attached hydrogen (secondary N) is 1. The molecule has 26 heavy (non-hydrogen) atoms. The first-order chi connectivity index (χ1) is 12.5. The van der Waals surface area contributed by atoms with Crippen molar-refractivity contribution in [2.45, 2.75) is 20.4 Å². The van der Waals surface area contributed by atoms with Crippen LogP contribution in [0.3, 0.4) is 0 Å². The first-order valence-corrected chi connectivity index (χ1v) is 9.43. The van der Waals surface area contributed by atoms with Gasteiger partial charge in [-0.05, 0) is 37.1 Å². The summed E-state index contributed by atoms with van der Waals surface area (Å²) >= 11 is 6.19. The molecule has 0 bridgehead atoms. The van der Waals surface area contributed by atoms with Crippen molar-refractivity contribution in [2.24, 2.45) is 0 Å². The summed E-state index contributed by atoms with van der Waals surface area (Å²) in [6.07, 6.45) is 0. The first-order valence-electron chi connectivity index (χ1n) is 9.06.